The fraction of sp³-hybridized carbons (Fsp3) is 0.167. The lowest BCUT2D eigenvalue weighted by Crippen LogP contribution is -2.13. The Morgan fingerprint density at radius 3 is 2.72 bits per heavy atom. The number of amides is 1. The number of aromatic nitrogens is 2. The summed E-state index contributed by atoms with van der Waals surface area (Å²) in [4.78, 5) is 16.3. The number of nitrogens with one attached hydrogen (secondary N) is 2. The summed E-state index contributed by atoms with van der Waals surface area (Å²) in [6, 6.07) is 9.72. The van der Waals surface area contributed by atoms with Crippen molar-refractivity contribution in [3.05, 3.63) is 71.5 Å². The van der Waals surface area contributed by atoms with E-state index in [9.17, 15) is 9.18 Å². The van der Waals surface area contributed by atoms with Gasteiger partial charge in [0.2, 0.25) is 0 Å². The van der Waals surface area contributed by atoms with E-state index in [0.717, 1.165) is 17.7 Å². The van der Waals surface area contributed by atoms with Crippen molar-refractivity contribution < 1.29 is 13.7 Å². The van der Waals surface area contributed by atoms with Crippen LogP contribution in [0.1, 0.15) is 21.7 Å². The molecule has 1 amide bonds. The maximum Gasteiger partial charge on any atom is 0.258 e. The van der Waals surface area contributed by atoms with Crippen LogP contribution in [0.15, 0.2) is 53.3 Å². The predicted molar refractivity (Wildman–Crippen MR) is 92.0 cm³/mol. The number of aryl methyl sites for hydroxylation is 1. The van der Waals surface area contributed by atoms with Gasteiger partial charge in [-0.1, -0.05) is 17.3 Å². The highest BCUT2D eigenvalue weighted by atomic mass is 19.1. The third-order valence-electron chi connectivity index (χ3n) is 3.53. The van der Waals surface area contributed by atoms with E-state index in [1.165, 1.54) is 18.3 Å². The summed E-state index contributed by atoms with van der Waals surface area (Å²) < 4.78 is 17.8. The van der Waals surface area contributed by atoms with E-state index in [0.29, 0.717) is 23.7 Å². The molecule has 7 heteroatoms. The number of anilines is 2. The summed E-state index contributed by atoms with van der Waals surface area (Å²) >= 11 is 0. The van der Waals surface area contributed by atoms with Crippen molar-refractivity contribution in [1.82, 2.24) is 10.1 Å². The van der Waals surface area contributed by atoms with Crippen molar-refractivity contribution in [1.29, 1.82) is 0 Å². The van der Waals surface area contributed by atoms with Crippen molar-refractivity contribution in [2.24, 2.45) is 0 Å². The monoisotopic (exact) mass is 340 g/mol. The van der Waals surface area contributed by atoms with Gasteiger partial charge in [0.05, 0.1) is 11.3 Å². The highest BCUT2D eigenvalue weighted by molar-refractivity contribution is 6.04. The van der Waals surface area contributed by atoms with Crippen LogP contribution < -0.4 is 10.6 Å². The molecule has 0 spiro atoms. The van der Waals surface area contributed by atoms with Crippen LogP contribution >= 0.6 is 0 Å². The van der Waals surface area contributed by atoms with Crippen LogP contribution in [0, 0.1) is 12.7 Å². The van der Waals surface area contributed by atoms with E-state index in [-0.39, 0.29) is 11.7 Å². The first-order valence-corrected chi connectivity index (χ1v) is 7.78. The average Bonchev–Trinajstić information content (AvgIpc) is 3.02. The fourth-order valence-electron chi connectivity index (χ4n) is 2.28. The summed E-state index contributed by atoms with van der Waals surface area (Å²) in [5, 5.41) is 9.57. The number of carbonyl (C=O) groups is 1. The van der Waals surface area contributed by atoms with Crippen LogP contribution in [0.4, 0.5) is 15.9 Å². The minimum Gasteiger partial charge on any atom is -0.383 e. The van der Waals surface area contributed by atoms with Crippen molar-refractivity contribution >= 4 is 17.4 Å². The summed E-state index contributed by atoms with van der Waals surface area (Å²) in [5.74, 6) is 0.409. The van der Waals surface area contributed by atoms with Gasteiger partial charge in [-0.3, -0.25) is 9.78 Å². The Morgan fingerprint density at radius 1 is 1.20 bits per heavy atom. The molecule has 0 fully saturated rings. The SMILES string of the molecule is Cc1cc(NC(=O)c2cncc(NCCc3ccc(F)cc3)c2)no1. The maximum absolute atomic E-state index is 12.9. The Morgan fingerprint density at radius 2 is 2.00 bits per heavy atom. The van der Waals surface area contributed by atoms with E-state index in [2.05, 4.69) is 20.8 Å². The van der Waals surface area contributed by atoms with Gasteiger partial charge in [0, 0.05) is 25.0 Å². The number of carbonyl (C=O) groups excluding carboxylic acids is 1. The second-order valence-corrected chi connectivity index (χ2v) is 5.54. The molecule has 3 rings (SSSR count). The second-order valence-electron chi connectivity index (χ2n) is 5.54. The molecule has 0 aliphatic carbocycles. The van der Waals surface area contributed by atoms with Gasteiger partial charge in [0.25, 0.3) is 5.91 Å². The van der Waals surface area contributed by atoms with Gasteiger partial charge in [-0.15, -0.1) is 0 Å². The van der Waals surface area contributed by atoms with Crippen LogP contribution in [-0.2, 0) is 6.42 Å². The molecule has 2 heterocycles. The Hall–Kier alpha value is -3.22. The standard InChI is InChI=1S/C18H17FN4O2/c1-12-8-17(23-25-12)22-18(24)14-9-16(11-20-10-14)21-7-6-13-2-4-15(19)5-3-13/h2-5,8-11,21H,6-7H2,1H3,(H,22,23,24). The van der Waals surface area contributed by atoms with Crippen LogP contribution in [0.25, 0.3) is 0 Å². The van der Waals surface area contributed by atoms with Crippen LogP contribution in [0.5, 0.6) is 0 Å². The zero-order chi connectivity index (χ0) is 17.6. The number of pyridine rings is 1. The molecule has 0 radical (unpaired) electrons. The molecule has 25 heavy (non-hydrogen) atoms. The van der Waals surface area contributed by atoms with Crippen molar-refractivity contribution in [3.63, 3.8) is 0 Å². The Labute approximate surface area is 144 Å². The third-order valence-corrected chi connectivity index (χ3v) is 3.53. The molecule has 2 N–H and O–H groups in total. The lowest BCUT2D eigenvalue weighted by atomic mass is 10.1. The number of halogens is 1. The van der Waals surface area contributed by atoms with Gasteiger partial charge in [0.15, 0.2) is 5.82 Å². The number of hydrogen-bond donors (Lipinski definition) is 2. The Balaban J connectivity index is 1.57. The first kappa shape index (κ1) is 16.6. The Bertz CT molecular complexity index is 862. The van der Waals surface area contributed by atoms with Crippen molar-refractivity contribution in [3.8, 4) is 0 Å². The van der Waals surface area contributed by atoms with E-state index < -0.39 is 0 Å². The van der Waals surface area contributed by atoms with Gasteiger partial charge in [-0.2, -0.15) is 0 Å². The van der Waals surface area contributed by atoms with Gasteiger partial charge in [-0.25, -0.2) is 4.39 Å². The smallest absolute Gasteiger partial charge is 0.258 e. The van der Waals surface area contributed by atoms with E-state index >= 15 is 0 Å². The zero-order valence-electron chi connectivity index (χ0n) is 13.6. The summed E-state index contributed by atoms with van der Waals surface area (Å²) in [7, 11) is 0. The van der Waals surface area contributed by atoms with Crippen LogP contribution in [0.3, 0.4) is 0 Å². The molecule has 0 unspecified atom stereocenters. The lowest BCUT2D eigenvalue weighted by molar-refractivity contribution is 0.102. The second kappa shape index (κ2) is 7.57. The lowest BCUT2D eigenvalue weighted by Gasteiger charge is -2.08. The molecule has 128 valence electrons. The molecule has 0 aliphatic rings. The van der Waals surface area contributed by atoms with Crippen LogP contribution in [0.2, 0.25) is 0 Å². The quantitative estimate of drug-likeness (QED) is 0.719. The van der Waals surface area contributed by atoms with Crippen LogP contribution in [-0.4, -0.2) is 22.6 Å². The average molecular weight is 340 g/mol. The van der Waals surface area contributed by atoms with Gasteiger partial charge in [-0.05, 0) is 37.1 Å². The van der Waals surface area contributed by atoms with Crippen molar-refractivity contribution in [2.45, 2.75) is 13.3 Å². The number of hydrogen-bond acceptors (Lipinski definition) is 5. The van der Waals surface area contributed by atoms with Gasteiger partial charge < -0.3 is 15.2 Å². The molecule has 0 bridgehead atoms. The normalized spacial score (nSPS) is 10.5. The Kier molecular flexibility index (Phi) is 5.03. The topological polar surface area (TPSA) is 80.0 Å². The van der Waals surface area contributed by atoms with Gasteiger partial charge in [0.1, 0.15) is 11.6 Å². The molecule has 0 saturated heterocycles. The third kappa shape index (κ3) is 4.63. The first-order chi connectivity index (χ1) is 12.1. The molecule has 6 nitrogen and oxygen atoms in total. The molecule has 0 saturated carbocycles. The molecule has 2 aromatic heterocycles. The summed E-state index contributed by atoms with van der Waals surface area (Å²) in [5.41, 5.74) is 2.16. The highest BCUT2D eigenvalue weighted by Crippen LogP contribution is 2.13. The number of benzene rings is 1. The number of rotatable bonds is 6. The molecular formula is C18H17FN4O2. The van der Waals surface area contributed by atoms with E-state index in [4.69, 9.17) is 4.52 Å². The maximum atomic E-state index is 12.9. The molecular weight excluding hydrogens is 323 g/mol. The number of nitrogens with zero attached hydrogens (tertiary/aromatic N) is 2. The minimum absolute atomic E-state index is 0.248. The zero-order valence-corrected chi connectivity index (χ0v) is 13.6. The highest BCUT2D eigenvalue weighted by Gasteiger charge is 2.10. The first-order valence-electron chi connectivity index (χ1n) is 7.78. The predicted octanol–water partition coefficient (Wildman–Crippen LogP) is 3.42. The molecule has 3 aromatic rings. The summed E-state index contributed by atoms with van der Waals surface area (Å²) in [6.07, 6.45) is 3.85. The fourth-order valence-corrected chi connectivity index (χ4v) is 2.28. The van der Waals surface area contributed by atoms with E-state index in [1.54, 1.807) is 37.4 Å². The summed E-state index contributed by atoms with van der Waals surface area (Å²) in [6.45, 7) is 2.39. The molecule has 0 aliphatic heterocycles. The van der Waals surface area contributed by atoms with Crippen molar-refractivity contribution in [2.75, 3.05) is 17.2 Å². The van der Waals surface area contributed by atoms with Gasteiger partial charge >= 0.3 is 0 Å². The molecule has 0 atom stereocenters. The molecule has 1 aromatic carbocycles. The largest absolute Gasteiger partial charge is 0.383 e. The minimum atomic E-state index is -0.317. The van der Waals surface area contributed by atoms with E-state index in [1.807, 2.05) is 0 Å².